The van der Waals surface area contributed by atoms with Gasteiger partial charge in [-0.15, -0.1) is 0 Å². The molecule has 1 aliphatic rings. The van der Waals surface area contributed by atoms with Crippen molar-refractivity contribution in [1.29, 1.82) is 0 Å². The predicted octanol–water partition coefficient (Wildman–Crippen LogP) is 1.86. The van der Waals surface area contributed by atoms with Crippen LogP contribution < -0.4 is 10.2 Å². The lowest BCUT2D eigenvalue weighted by molar-refractivity contribution is -0.140. The molecule has 0 saturated carbocycles. The normalized spacial score (nSPS) is 18.0. The third-order valence-corrected chi connectivity index (χ3v) is 4.83. The van der Waals surface area contributed by atoms with Crippen molar-refractivity contribution in [2.45, 2.75) is 39.3 Å². The van der Waals surface area contributed by atoms with E-state index < -0.39 is 12.0 Å². The summed E-state index contributed by atoms with van der Waals surface area (Å²) in [5, 5.41) is 12.3. The molecule has 25 heavy (non-hydrogen) atoms. The van der Waals surface area contributed by atoms with Crippen LogP contribution in [0.2, 0.25) is 5.15 Å². The van der Waals surface area contributed by atoms with Gasteiger partial charge in [0.05, 0.1) is 0 Å². The Balaban J connectivity index is 2.06. The number of amides is 1. The van der Waals surface area contributed by atoms with Crippen LogP contribution in [0.4, 0.5) is 5.82 Å². The molecule has 0 aliphatic carbocycles. The van der Waals surface area contributed by atoms with Crippen LogP contribution >= 0.6 is 11.6 Å². The fourth-order valence-corrected chi connectivity index (χ4v) is 3.20. The number of carbonyl (C=O) groups is 2. The first kappa shape index (κ1) is 19.5. The van der Waals surface area contributed by atoms with Crippen molar-refractivity contribution >= 4 is 29.3 Å². The highest BCUT2D eigenvalue weighted by Gasteiger charge is 2.35. The van der Waals surface area contributed by atoms with Crippen molar-refractivity contribution in [3.63, 3.8) is 0 Å². The molecule has 7 nitrogen and oxygen atoms in total. The van der Waals surface area contributed by atoms with Crippen molar-refractivity contribution < 1.29 is 14.7 Å². The van der Waals surface area contributed by atoms with E-state index in [-0.39, 0.29) is 17.1 Å². The molecule has 0 spiro atoms. The van der Waals surface area contributed by atoms with Gasteiger partial charge in [0.1, 0.15) is 17.0 Å². The van der Waals surface area contributed by atoms with Gasteiger partial charge >= 0.3 is 5.97 Å². The lowest BCUT2D eigenvalue weighted by Crippen LogP contribution is -2.53. The number of aromatic nitrogens is 1. The molecule has 0 bridgehead atoms. The summed E-state index contributed by atoms with van der Waals surface area (Å²) in [6.45, 7) is 9.19. The molecule has 0 unspecified atom stereocenters. The van der Waals surface area contributed by atoms with Gasteiger partial charge in [-0.05, 0) is 38.6 Å². The molecular weight excluding hydrogens is 344 g/mol. The Hall–Kier alpha value is -1.86. The number of carbonyl (C=O) groups excluding carboxylic acids is 1. The zero-order valence-corrected chi connectivity index (χ0v) is 15.6. The van der Waals surface area contributed by atoms with Crippen molar-refractivity contribution in [3.05, 3.63) is 22.8 Å². The van der Waals surface area contributed by atoms with Crippen molar-refractivity contribution in [2.24, 2.45) is 0 Å². The molecule has 2 N–H and O–H groups in total. The number of carboxylic acid groups (broad SMARTS) is 1. The van der Waals surface area contributed by atoms with E-state index in [9.17, 15) is 14.7 Å². The van der Waals surface area contributed by atoms with Crippen molar-refractivity contribution in [2.75, 3.05) is 31.1 Å². The summed E-state index contributed by atoms with van der Waals surface area (Å²) in [6, 6.07) is 2.71. The summed E-state index contributed by atoms with van der Waals surface area (Å²) in [5.41, 5.74) is 0.387. The molecule has 2 heterocycles. The van der Waals surface area contributed by atoms with Gasteiger partial charge < -0.3 is 15.3 Å². The first-order valence-electron chi connectivity index (χ1n) is 8.56. The molecule has 0 aromatic carbocycles. The number of pyridine rings is 1. The van der Waals surface area contributed by atoms with E-state index >= 15 is 0 Å². The van der Waals surface area contributed by atoms with Crippen molar-refractivity contribution in [1.82, 2.24) is 15.2 Å². The second kappa shape index (κ2) is 8.49. The van der Waals surface area contributed by atoms with E-state index in [0.717, 1.165) is 13.1 Å². The average molecular weight is 369 g/mol. The van der Waals surface area contributed by atoms with E-state index in [4.69, 9.17) is 11.6 Å². The number of hydrogen-bond acceptors (Lipinski definition) is 5. The molecule has 1 amide bonds. The Morgan fingerprint density at radius 3 is 2.64 bits per heavy atom. The number of carboxylic acids is 1. The van der Waals surface area contributed by atoms with Crippen LogP contribution in [0.15, 0.2) is 12.1 Å². The highest BCUT2D eigenvalue weighted by Crippen LogP contribution is 2.27. The molecule has 1 fully saturated rings. The van der Waals surface area contributed by atoms with Crippen LogP contribution in [0, 0.1) is 0 Å². The van der Waals surface area contributed by atoms with E-state index in [0.29, 0.717) is 30.9 Å². The molecule has 1 aromatic rings. The van der Waals surface area contributed by atoms with Gasteiger partial charge in [0.25, 0.3) is 5.91 Å². The topological polar surface area (TPSA) is 85.8 Å². The number of nitrogens with zero attached hydrogens (tertiary/aromatic N) is 3. The first-order chi connectivity index (χ1) is 11.9. The third kappa shape index (κ3) is 4.61. The second-order valence-corrected chi connectivity index (χ2v) is 6.54. The van der Waals surface area contributed by atoms with E-state index in [1.807, 2.05) is 0 Å². The summed E-state index contributed by atoms with van der Waals surface area (Å²) in [5.74, 6) is -0.711. The molecule has 1 aromatic heterocycles. The molecule has 1 aliphatic heterocycles. The second-order valence-electron chi connectivity index (χ2n) is 6.15. The minimum absolute atomic E-state index is 0.176. The number of anilines is 1. The Bertz CT molecular complexity index is 636. The lowest BCUT2D eigenvalue weighted by Gasteiger charge is -2.39. The van der Waals surface area contributed by atoms with Gasteiger partial charge in [-0.3, -0.25) is 9.69 Å². The highest BCUT2D eigenvalue weighted by molar-refractivity contribution is 6.30. The standard InChI is InChI=1S/C17H25ClN4O3/c1-4-21(5-2)11(3)10-19-16(23)12-8-14(18)20-15(9-12)22-7-6-13(22)17(24)25/h8-9,11,13H,4-7,10H2,1-3H3,(H,19,23)(H,24,25)/t11-,13-/m0/s1. The quantitative estimate of drug-likeness (QED) is 0.681. The smallest absolute Gasteiger partial charge is 0.326 e. The average Bonchev–Trinajstić information content (AvgIpc) is 2.51. The number of likely N-dealkylation sites (N-methyl/N-ethyl adjacent to an activating group) is 1. The van der Waals surface area contributed by atoms with E-state index in [2.05, 4.69) is 36.0 Å². The van der Waals surface area contributed by atoms with Crippen LogP contribution in [0.1, 0.15) is 37.6 Å². The van der Waals surface area contributed by atoms with Crippen LogP contribution in [-0.2, 0) is 4.79 Å². The van der Waals surface area contributed by atoms with Gasteiger partial charge in [-0.1, -0.05) is 25.4 Å². The van der Waals surface area contributed by atoms with Gasteiger partial charge in [-0.2, -0.15) is 0 Å². The summed E-state index contributed by atoms with van der Waals surface area (Å²) in [4.78, 5) is 31.7. The minimum Gasteiger partial charge on any atom is -0.480 e. The van der Waals surface area contributed by atoms with Crippen molar-refractivity contribution in [3.8, 4) is 0 Å². The van der Waals surface area contributed by atoms with Crippen LogP contribution in [0.25, 0.3) is 0 Å². The maximum absolute atomic E-state index is 12.4. The summed E-state index contributed by atoms with van der Waals surface area (Å²) < 4.78 is 0. The molecular formula is C17H25ClN4O3. The summed E-state index contributed by atoms with van der Waals surface area (Å²) >= 11 is 6.03. The fourth-order valence-electron chi connectivity index (χ4n) is 3.00. The summed E-state index contributed by atoms with van der Waals surface area (Å²) in [6.07, 6.45) is 0.562. The SMILES string of the molecule is CCN(CC)[C@@H](C)CNC(=O)c1cc(Cl)nc(N2CC[C@H]2C(=O)O)c1. The minimum atomic E-state index is -0.896. The first-order valence-corrected chi connectivity index (χ1v) is 8.94. The Morgan fingerprint density at radius 2 is 2.12 bits per heavy atom. The summed E-state index contributed by atoms with van der Waals surface area (Å²) in [7, 11) is 0. The van der Waals surface area contributed by atoms with Gasteiger partial charge in [0, 0.05) is 24.7 Å². The monoisotopic (exact) mass is 368 g/mol. The Kier molecular flexibility index (Phi) is 6.61. The fraction of sp³-hybridized carbons (Fsp3) is 0.588. The lowest BCUT2D eigenvalue weighted by atomic mass is 10.0. The Labute approximate surface area is 153 Å². The molecule has 2 atom stereocenters. The number of rotatable bonds is 8. The molecule has 0 radical (unpaired) electrons. The molecule has 8 heteroatoms. The third-order valence-electron chi connectivity index (χ3n) is 4.64. The molecule has 1 saturated heterocycles. The number of nitrogens with one attached hydrogen (secondary N) is 1. The van der Waals surface area contributed by atoms with Crippen LogP contribution in [0.5, 0.6) is 0 Å². The number of aliphatic carboxylic acids is 1. The Morgan fingerprint density at radius 1 is 1.44 bits per heavy atom. The van der Waals surface area contributed by atoms with Gasteiger partial charge in [0.2, 0.25) is 0 Å². The maximum atomic E-state index is 12.4. The van der Waals surface area contributed by atoms with Crippen LogP contribution in [-0.4, -0.2) is 65.1 Å². The maximum Gasteiger partial charge on any atom is 0.326 e. The molecule has 2 rings (SSSR count). The van der Waals surface area contributed by atoms with E-state index in [1.165, 1.54) is 6.07 Å². The zero-order chi connectivity index (χ0) is 18.6. The zero-order valence-electron chi connectivity index (χ0n) is 14.8. The number of halogens is 1. The highest BCUT2D eigenvalue weighted by atomic mass is 35.5. The van der Waals surface area contributed by atoms with Gasteiger partial charge in [0.15, 0.2) is 0 Å². The molecule has 138 valence electrons. The largest absolute Gasteiger partial charge is 0.480 e. The van der Waals surface area contributed by atoms with Crippen LogP contribution in [0.3, 0.4) is 0 Å². The van der Waals surface area contributed by atoms with E-state index in [1.54, 1.807) is 11.0 Å². The predicted molar refractivity (Wildman–Crippen MR) is 97.4 cm³/mol. The number of hydrogen-bond donors (Lipinski definition) is 2. The van der Waals surface area contributed by atoms with Gasteiger partial charge in [-0.25, -0.2) is 9.78 Å².